The van der Waals surface area contributed by atoms with Gasteiger partial charge in [0.1, 0.15) is 19.0 Å². The molecule has 0 fully saturated rings. The number of amides is 1. The Balaban J connectivity index is 1.72. The minimum absolute atomic E-state index is 0.349. The van der Waals surface area contributed by atoms with Gasteiger partial charge in [-0.1, -0.05) is 23.7 Å². The third-order valence-corrected chi connectivity index (χ3v) is 3.48. The summed E-state index contributed by atoms with van der Waals surface area (Å²) in [5.74, 6) is 0.342. The van der Waals surface area contributed by atoms with Crippen molar-refractivity contribution < 1.29 is 18.7 Å². The summed E-state index contributed by atoms with van der Waals surface area (Å²) in [6.07, 6.45) is 2.83. The molecule has 118 valence electrons. The van der Waals surface area contributed by atoms with Gasteiger partial charge in [-0.05, 0) is 23.8 Å². The Labute approximate surface area is 137 Å². The summed E-state index contributed by atoms with van der Waals surface area (Å²) in [7, 11) is 0. The Morgan fingerprint density at radius 3 is 2.65 bits per heavy atom. The van der Waals surface area contributed by atoms with Crippen molar-refractivity contribution in [3.63, 3.8) is 0 Å². The molecular weight excluding hydrogens is 321 g/mol. The quantitative estimate of drug-likeness (QED) is 0.866. The lowest BCUT2D eigenvalue weighted by molar-refractivity contribution is -0.111. The van der Waals surface area contributed by atoms with E-state index in [4.69, 9.17) is 21.1 Å². The van der Waals surface area contributed by atoms with Gasteiger partial charge in [0.05, 0.1) is 10.7 Å². The Hall–Kier alpha value is -2.53. The van der Waals surface area contributed by atoms with Crippen LogP contribution >= 0.6 is 11.6 Å². The third kappa shape index (κ3) is 3.81. The zero-order chi connectivity index (χ0) is 16.2. The van der Waals surface area contributed by atoms with Gasteiger partial charge in [0, 0.05) is 18.2 Å². The lowest BCUT2D eigenvalue weighted by atomic mass is 10.2. The summed E-state index contributed by atoms with van der Waals surface area (Å²) in [6.45, 7) is 0.910. The van der Waals surface area contributed by atoms with Crippen LogP contribution in [0.25, 0.3) is 6.08 Å². The standard InChI is InChI=1S/C17H13ClFNO3/c18-13-9-15-16(23-7-6-22-15)10-14(13)20-17(21)5-4-11-2-1-3-12(19)8-11/h1-5,8-10H,6-7H2,(H,20,21)/b5-4+. The number of benzene rings is 2. The highest BCUT2D eigenvalue weighted by Crippen LogP contribution is 2.37. The molecule has 1 amide bonds. The van der Waals surface area contributed by atoms with Crippen molar-refractivity contribution in [2.75, 3.05) is 18.5 Å². The highest BCUT2D eigenvalue weighted by molar-refractivity contribution is 6.34. The van der Waals surface area contributed by atoms with Gasteiger partial charge in [0.2, 0.25) is 5.91 Å². The fraction of sp³-hybridized carbons (Fsp3) is 0.118. The zero-order valence-corrected chi connectivity index (χ0v) is 12.8. The number of carbonyl (C=O) groups excluding carboxylic acids is 1. The molecular formula is C17H13ClFNO3. The zero-order valence-electron chi connectivity index (χ0n) is 12.0. The van der Waals surface area contributed by atoms with Gasteiger partial charge in [-0.3, -0.25) is 4.79 Å². The molecule has 0 atom stereocenters. The first-order chi connectivity index (χ1) is 11.1. The maximum Gasteiger partial charge on any atom is 0.248 e. The average molecular weight is 334 g/mol. The van der Waals surface area contributed by atoms with Crippen molar-refractivity contribution >= 4 is 29.3 Å². The van der Waals surface area contributed by atoms with Gasteiger partial charge in [0.25, 0.3) is 0 Å². The third-order valence-electron chi connectivity index (χ3n) is 3.17. The maximum atomic E-state index is 13.1. The molecule has 0 aliphatic carbocycles. The summed E-state index contributed by atoms with van der Waals surface area (Å²) in [4.78, 5) is 12.0. The summed E-state index contributed by atoms with van der Waals surface area (Å²) >= 11 is 6.12. The number of rotatable bonds is 3. The molecule has 1 aliphatic heterocycles. The molecule has 0 unspecified atom stereocenters. The van der Waals surface area contributed by atoms with Gasteiger partial charge in [-0.2, -0.15) is 0 Å². The molecule has 4 nitrogen and oxygen atoms in total. The average Bonchev–Trinajstić information content (AvgIpc) is 2.54. The van der Waals surface area contributed by atoms with Crippen LogP contribution in [0.5, 0.6) is 11.5 Å². The number of halogens is 2. The first-order valence-electron chi connectivity index (χ1n) is 6.95. The van der Waals surface area contributed by atoms with Gasteiger partial charge in [0.15, 0.2) is 11.5 Å². The molecule has 1 aliphatic rings. The predicted octanol–water partition coefficient (Wildman–Crippen LogP) is 3.90. The van der Waals surface area contributed by atoms with E-state index in [2.05, 4.69) is 5.32 Å². The number of fused-ring (bicyclic) bond motifs is 1. The molecule has 1 heterocycles. The van der Waals surface area contributed by atoms with Crippen molar-refractivity contribution in [3.8, 4) is 11.5 Å². The number of anilines is 1. The first kappa shape index (κ1) is 15.4. The summed E-state index contributed by atoms with van der Waals surface area (Å²) in [6, 6.07) is 9.16. The van der Waals surface area contributed by atoms with Gasteiger partial charge < -0.3 is 14.8 Å². The van der Waals surface area contributed by atoms with Crippen LogP contribution in [-0.2, 0) is 4.79 Å². The molecule has 1 N–H and O–H groups in total. The summed E-state index contributed by atoms with van der Waals surface area (Å²) in [5.41, 5.74) is 1.01. The molecule has 0 spiro atoms. The van der Waals surface area contributed by atoms with Crippen LogP contribution in [0.15, 0.2) is 42.5 Å². The van der Waals surface area contributed by atoms with Crippen molar-refractivity contribution in [3.05, 3.63) is 58.9 Å². The second-order valence-electron chi connectivity index (χ2n) is 4.85. The lowest BCUT2D eigenvalue weighted by Gasteiger charge is -2.19. The van der Waals surface area contributed by atoms with Crippen molar-refractivity contribution in [2.24, 2.45) is 0 Å². The van der Waals surface area contributed by atoms with E-state index in [-0.39, 0.29) is 11.7 Å². The van der Waals surface area contributed by atoms with E-state index in [1.54, 1.807) is 24.3 Å². The molecule has 23 heavy (non-hydrogen) atoms. The molecule has 0 saturated carbocycles. The number of carbonyl (C=O) groups is 1. The Kier molecular flexibility index (Phi) is 4.48. The van der Waals surface area contributed by atoms with E-state index < -0.39 is 0 Å². The summed E-state index contributed by atoms with van der Waals surface area (Å²) in [5, 5.41) is 3.01. The second-order valence-corrected chi connectivity index (χ2v) is 5.26. The normalized spacial score (nSPS) is 13.1. The molecule has 2 aromatic carbocycles. The first-order valence-corrected chi connectivity index (χ1v) is 7.33. The monoisotopic (exact) mass is 333 g/mol. The van der Waals surface area contributed by atoms with Crippen molar-refractivity contribution in [1.82, 2.24) is 0 Å². The largest absolute Gasteiger partial charge is 0.486 e. The van der Waals surface area contributed by atoms with E-state index in [1.807, 2.05) is 0 Å². The Bertz CT molecular complexity index is 776. The minimum atomic E-state index is -0.382. The van der Waals surface area contributed by atoms with Crippen LogP contribution in [0.2, 0.25) is 5.02 Å². The van der Waals surface area contributed by atoms with Crippen LogP contribution in [0.3, 0.4) is 0 Å². The van der Waals surface area contributed by atoms with Crippen LogP contribution < -0.4 is 14.8 Å². The molecule has 0 aromatic heterocycles. The molecule has 2 aromatic rings. The van der Waals surface area contributed by atoms with Crippen LogP contribution in [0.4, 0.5) is 10.1 Å². The van der Waals surface area contributed by atoms with Crippen molar-refractivity contribution in [1.29, 1.82) is 0 Å². The topological polar surface area (TPSA) is 47.6 Å². The fourth-order valence-corrected chi connectivity index (χ4v) is 2.32. The number of hydrogen-bond acceptors (Lipinski definition) is 3. The highest BCUT2D eigenvalue weighted by atomic mass is 35.5. The molecule has 0 saturated heterocycles. The minimum Gasteiger partial charge on any atom is -0.486 e. The molecule has 6 heteroatoms. The second kappa shape index (κ2) is 6.71. The van der Waals surface area contributed by atoms with E-state index in [0.29, 0.717) is 41.0 Å². The highest BCUT2D eigenvalue weighted by Gasteiger charge is 2.15. The smallest absolute Gasteiger partial charge is 0.248 e. The van der Waals surface area contributed by atoms with Gasteiger partial charge >= 0.3 is 0 Å². The number of nitrogens with one attached hydrogen (secondary N) is 1. The van der Waals surface area contributed by atoms with E-state index in [1.165, 1.54) is 24.3 Å². The van der Waals surface area contributed by atoms with Gasteiger partial charge in [-0.25, -0.2) is 4.39 Å². The van der Waals surface area contributed by atoms with Gasteiger partial charge in [-0.15, -0.1) is 0 Å². The predicted molar refractivity (Wildman–Crippen MR) is 86.5 cm³/mol. The van der Waals surface area contributed by atoms with Crippen LogP contribution in [0, 0.1) is 5.82 Å². The fourth-order valence-electron chi connectivity index (χ4n) is 2.12. The number of hydrogen-bond donors (Lipinski definition) is 1. The Morgan fingerprint density at radius 1 is 1.17 bits per heavy atom. The SMILES string of the molecule is O=C(/C=C/c1cccc(F)c1)Nc1cc2c(cc1Cl)OCCO2. The van der Waals surface area contributed by atoms with E-state index in [9.17, 15) is 9.18 Å². The molecule has 0 bridgehead atoms. The van der Waals surface area contributed by atoms with Crippen LogP contribution in [-0.4, -0.2) is 19.1 Å². The maximum absolute atomic E-state index is 13.1. The Morgan fingerprint density at radius 2 is 1.91 bits per heavy atom. The molecule has 0 radical (unpaired) electrons. The van der Waals surface area contributed by atoms with E-state index >= 15 is 0 Å². The van der Waals surface area contributed by atoms with Crippen molar-refractivity contribution in [2.45, 2.75) is 0 Å². The molecule has 3 rings (SSSR count). The summed E-state index contributed by atoms with van der Waals surface area (Å²) < 4.78 is 23.9. The number of ether oxygens (including phenoxy) is 2. The van der Waals surface area contributed by atoms with E-state index in [0.717, 1.165) is 0 Å². The lowest BCUT2D eigenvalue weighted by Crippen LogP contribution is -2.16. The van der Waals surface area contributed by atoms with Crippen LogP contribution in [0.1, 0.15) is 5.56 Å².